The fourth-order valence-electron chi connectivity index (χ4n) is 2.51. The molecule has 9 nitrogen and oxygen atoms in total. The second-order valence-electron chi connectivity index (χ2n) is 6.17. The van der Waals surface area contributed by atoms with Gasteiger partial charge in [-0.3, -0.25) is 14.4 Å². The van der Waals surface area contributed by atoms with Crippen molar-refractivity contribution >= 4 is 40.8 Å². The maximum Gasteiger partial charge on any atom is 0.306 e. The number of hydrogen-bond acceptors (Lipinski definition) is 7. The van der Waals surface area contributed by atoms with Crippen LogP contribution in [0.4, 0.5) is 11.4 Å². The largest absolute Gasteiger partial charge is 0.497 e. The normalized spacial score (nSPS) is 10.1. The summed E-state index contributed by atoms with van der Waals surface area (Å²) in [6.45, 7) is -0.502. The van der Waals surface area contributed by atoms with E-state index in [9.17, 15) is 14.4 Å². The first-order chi connectivity index (χ1) is 14.9. The molecule has 0 spiro atoms. The Hall–Kier alpha value is -3.46. The van der Waals surface area contributed by atoms with Gasteiger partial charge in [0.2, 0.25) is 5.91 Å². The molecule has 0 saturated heterocycles. The smallest absolute Gasteiger partial charge is 0.306 e. The first kappa shape index (κ1) is 23.8. The van der Waals surface area contributed by atoms with Crippen molar-refractivity contribution in [2.75, 3.05) is 38.6 Å². The van der Waals surface area contributed by atoms with Crippen LogP contribution in [0.3, 0.4) is 0 Å². The van der Waals surface area contributed by atoms with E-state index in [1.807, 2.05) is 0 Å². The molecular weight excluding hydrogens is 428 g/mol. The van der Waals surface area contributed by atoms with Crippen LogP contribution < -0.4 is 24.8 Å². The number of carbonyl (C=O) groups excluding carboxylic acids is 3. The summed E-state index contributed by atoms with van der Waals surface area (Å²) in [4.78, 5) is 36.0. The topological polar surface area (TPSA) is 112 Å². The van der Waals surface area contributed by atoms with E-state index in [0.29, 0.717) is 33.6 Å². The number of esters is 1. The van der Waals surface area contributed by atoms with Crippen LogP contribution in [0.5, 0.6) is 17.2 Å². The predicted molar refractivity (Wildman–Crippen MR) is 115 cm³/mol. The minimum Gasteiger partial charge on any atom is -0.497 e. The van der Waals surface area contributed by atoms with Gasteiger partial charge in [0.15, 0.2) is 6.61 Å². The molecule has 0 atom stereocenters. The lowest BCUT2D eigenvalue weighted by Gasteiger charge is -2.12. The highest BCUT2D eigenvalue weighted by atomic mass is 35.5. The number of ether oxygens (including phenoxy) is 4. The SMILES string of the molecule is COc1ccc(NC(=O)COC(=O)CCC(=O)Nc2cc(Cl)ccc2OC)c(OC)c1. The Morgan fingerprint density at radius 3 is 2.19 bits per heavy atom. The van der Waals surface area contributed by atoms with Crippen LogP contribution in [0.15, 0.2) is 36.4 Å². The average molecular weight is 451 g/mol. The van der Waals surface area contributed by atoms with E-state index in [1.165, 1.54) is 27.4 Å². The number of methoxy groups -OCH3 is 3. The van der Waals surface area contributed by atoms with Gasteiger partial charge in [0.25, 0.3) is 5.91 Å². The van der Waals surface area contributed by atoms with Gasteiger partial charge >= 0.3 is 5.97 Å². The maximum absolute atomic E-state index is 12.1. The van der Waals surface area contributed by atoms with Gasteiger partial charge in [-0.25, -0.2) is 0 Å². The molecule has 0 fully saturated rings. The number of anilines is 2. The summed E-state index contributed by atoms with van der Waals surface area (Å²) in [5.41, 5.74) is 0.792. The number of hydrogen-bond donors (Lipinski definition) is 2. The van der Waals surface area contributed by atoms with Crippen molar-refractivity contribution in [3.05, 3.63) is 41.4 Å². The van der Waals surface area contributed by atoms with Crippen molar-refractivity contribution in [1.29, 1.82) is 0 Å². The Balaban J connectivity index is 1.78. The fourth-order valence-corrected chi connectivity index (χ4v) is 2.68. The van der Waals surface area contributed by atoms with E-state index in [-0.39, 0.29) is 12.8 Å². The molecule has 2 aromatic rings. The van der Waals surface area contributed by atoms with Crippen LogP contribution in [0, 0.1) is 0 Å². The monoisotopic (exact) mass is 450 g/mol. The van der Waals surface area contributed by atoms with Crippen LogP contribution >= 0.6 is 11.6 Å². The molecule has 0 aliphatic rings. The molecule has 2 amide bonds. The molecule has 2 N–H and O–H groups in total. The highest BCUT2D eigenvalue weighted by molar-refractivity contribution is 6.31. The zero-order valence-electron chi connectivity index (χ0n) is 17.3. The van der Waals surface area contributed by atoms with Crippen LogP contribution in [0.2, 0.25) is 5.02 Å². The Morgan fingerprint density at radius 1 is 0.806 bits per heavy atom. The van der Waals surface area contributed by atoms with Crippen LogP contribution in [-0.4, -0.2) is 45.7 Å². The Kier molecular flexibility index (Phi) is 8.95. The summed E-state index contributed by atoms with van der Waals surface area (Å²) in [6.07, 6.45) is -0.337. The van der Waals surface area contributed by atoms with Crippen LogP contribution in [-0.2, 0) is 19.1 Å². The number of carbonyl (C=O) groups is 3. The molecule has 2 rings (SSSR count). The summed E-state index contributed by atoms with van der Waals surface area (Å²) in [5.74, 6) is -0.270. The number of halogens is 1. The molecule has 31 heavy (non-hydrogen) atoms. The van der Waals surface area contributed by atoms with Gasteiger partial charge < -0.3 is 29.6 Å². The second-order valence-corrected chi connectivity index (χ2v) is 6.60. The van der Waals surface area contributed by atoms with Crippen molar-refractivity contribution in [3.63, 3.8) is 0 Å². The Bertz CT molecular complexity index is 949. The van der Waals surface area contributed by atoms with Crippen molar-refractivity contribution < 1.29 is 33.3 Å². The van der Waals surface area contributed by atoms with Crippen LogP contribution in [0.25, 0.3) is 0 Å². The van der Waals surface area contributed by atoms with E-state index in [4.69, 9.17) is 30.5 Å². The lowest BCUT2D eigenvalue weighted by molar-refractivity contribution is -0.147. The Labute approximate surface area is 184 Å². The van der Waals surface area contributed by atoms with E-state index in [2.05, 4.69) is 10.6 Å². The van der Waals surface area contributed by atoms with Crippen molar-refractivity contribution in [2.24, 2.45) is 0 Å². The minimum atomic E-state index is -0.690. The second kappa shape index (κ2) is 11.7. The lowest BCUT2D eigenvalue weighted by Crippen LogP contribution is -2.22. The quantitative estimate of drug-likeness (QED) is 0.534. The Morgan fingerprint density at radius 2 is 1.52 bits per heavy atom. The fraction of sp³-hybridized carbons (Fsp3) is 0.286. The predicted octanol–water partition coefficient (Wildman–Crippen LogP) is 3.27. The molecule has 0 aliphatic carbocycles. The highest BCUT2D eigenvalue weighted by Gasteiger charge is 2.14. The van der Waals surface area contributed by atoms with E-state index >= 15 is 0 Å². The molecule has 0 aromatic heterocycles. The zero-order chi connectivity index (χ0) is 22.8. The van der Waals surface area contributed by atoms with E-state index < -0.39 is 24.4 Å². The first-order valence-corrected chi connectivity index (χ1v) is 9.55. The first-order valence-electron chi connectivity index (χ1n) is 9.17. The number of amides is 2. The lowest BCUT2D eigenvalue weighted by atomic mass is 10.2. The number of rotatable bonds is 10. The summed E-state index contributed by atoms with van der Waals surface area (Å²) in [7, 11) is 4.43. The maximum atomic E-state index is 12.1. The van der Waals surface area contributed by atoms with Crippen molar-refractivity contribution in [1.82, 2.24) is 0 Å². The van der Waals surface area contributed by atoms with Gasteiger partial charge in [-0.1, -0.05) is 11.6 Å². The summed E-state index contributed by atoms with van der Waals surface area (Å²) < 4.78 is 20.3. The molecule has 166 valence electrons. The van der Waals surface area contributed by atoms with Gasteiger partial charge in [0.05, 0.1) is 39.1 Å². The molecule has 0 unspecified atom stereocenters. The minimum absolute atomic E-state index is 0.136. The molecule has 0 radical (unpaired) electrons. The van der Waals surface area contributed by atoms with E-state index in [0.717, 1.165) is 0 Å². The third kappa shape index (κ3) is 7.38. The number of benzene rings is 2. The molecule has 0 bridgehead atoms. The standard InChI is InChI=1S/C21H23ClN2O7/c1-28-14-5-6-15(18(11-14)30-3)23-20(26)12-31-21(27)9-8-19(25)24-16-10-13(22)4-7-17(16)29-2/h4-7,10-11H,8-9,12H2,1-3H3,(H,23,26)(H,24,25). The van der Waals surface area contributed by atoms with Crippen molar-refractivity contribution in [3.8, 4) is 17.2 Å². The molecular formula is C21H23ClN2O7. The summed E-state index contributed by atoms with van der Waals surface area (Å²) in [5, 5.41) is 5.62. The summed E-state index contributed by atoms with van der Waals surface area (Å²) >= 11 is 5.91. The molecule has 0 heterocycles. The van der Waals surface area contributed by atoms with Gasteiger partial charge in [0, 0.05) is 17.5 Å². The van der Waals surface area contributed by atoms with Gasteiger partial charge in [0.1, 0.15) is 17.2 Å². The van der Waals surface area contributed by atoms with Crippen LogP contribution in [0.1, 0.15) is 12.8 Å². The van der Waals surface area contributed by atoms with Crippen molar-refractivity contribution in [2.45, 2.75) is 12.8 Å². The van der Waals surface area contributed by atoms with E-state index in [1.54, 1.807) is 30.3 Å². The van der Waals surface area contributed by atoms with Gasteiger partial charge in [-0.15, -0.1) is 0 Å². The molecule has 0 saturated carbocycles. The summed E-state index contributed by atoms with van der Waals surface area (Å²) in [6, 6.07) is 9.63. The average Bonchev–Trinajstić information content (AvgIpc) is 2.76. The molecule has 2 aromatic carbocycles. The highest BCUT2D eigenvalue weighted by Crippen LogP contribution is 2.29. The third-order valence-corrected chi connectivity index (χ3v) is 4.27. The number of nitrogens with one attached hydrogen (secondary N) is 2. The van der Waals surface area contributed by atoms with Gasteiger partial charge in [-0.05, 0) is 30.3 Å². The molecule has 0 aliphatic heterocycles. The molecule has 10 heteroatoms. The third-order valence-electron chi connectivity index (χ3n) is 4.04. The van der Waals surface area contributed by atoms with Gasteiger partial charge in [-0.2, -0.15) is 0 Å². The zero-order valence-corrected chi connectivity index (χ0v) is 18.1.